The van der Waals surface area contributed by atoms with Gasteiger partial charge >= 0.3 is 0 Å². The number of aromatic nitrogens is 2. The molecule has 1 saturated carbocycles. The van der Waals surface area contributed by atoms with Crippen molar-refractivity contribution in [2.75, 3.05) is 0 Å². The zero-order chi connectivity index (χ0) is 16.4. The first-order valence-corrected chi connectivity index (χ1v) is 8.60. The fraction of sp³-hybridized carbons (Fsp3) is 0.556. The van der Waals surface area contributed by atoms with Crippen LogP contribution in [0.1, 0.15) is 51.4 Å². The minimum Gasteiger partial charge on any atom is -0.346 e. The number of hydrogen-bond acceptors (Lipinski definition) is 3. The Morgan fingerprint density at radius 2 is 2.22 bits per heavy atom. The lowest BCUT2D eigenvalue weighted by Crippen LogP contribution is -2.33. The van der Waals surface area contributed by atoms with E-state index in [0.29, 0.717) is 12.3 Å². The Kier molecular flexibility index (Phi) is 4.66. The summed E-state index contributed by atoms with van der Waals surface area (Å²) in [6.07, 6.45) is 3.77. The van der Waals surface area contributed by atoms with Crippen LogP contribution in [0, 0.1) is 5.92 Å². The number of aryl methyl sites for hydroxylation is 1. The smallest absolute Gasteiger partial charge is 0.220 e. The Labute approximate surface area is 137 Å². The molecule has 0 bridgehead atoms. The molecule has 1 aromatic heterocycles. The van der Waals surface area contributed by atoms with E-state index in [1.807, 2.05) is 25.1 Å². The summed E-state index contributed by atoms with van der Waals surface area (Å²) in [5.74, 6) is 1.32. The molecule has 0 aliphatic heterocycles. The zero-order valence-corrected chi connectivity index (χ0v) is 14.0. The molecule has 1 unspecified atom stereocenters. The van der Waals surface area contributed by atoms with Gasteiger partial charge in [-0.2, -0.15) is 0 Å². The van der Waals surface area contributed by atoms with E-state index in [9.17, 15) is 4.79 Å². The molecule has 5 nitrogen and oxygen atoms in total. The quantitative estimate of drug-likeness (QED) is 0.891. The van der Waals surface area contributed by atoms with Crippen molar-refractivity contribution in [3.8, 4) is 0 Å². The fourth-order valence-corrected chi connectivity index (χ4v) is 3.68. The highest BCUT2D eigenvalue weighted by atomic mass is 16.1. The third kappa shape index (κ3) is 3.24. The number of nitrogens with two attached hydrogens (primary N) is 1. The van der Waals surface area contributed by atoms with Crippen molar-refractivity contribution in [2.45, 2.75) is 58.2 Å². The van der Waals surface area contributed by atoms with Crippen molar-refractivity contribution in [3.63, 3.8) is 0 Å². The van der Waals surface area contributed by atoms with Gasteiger partial charge in [0.15, 0.2) is 0 Å². The highest BCUT2D eigenvalue weighted by Gasteiger charge is 2.27. The van der Waals surface area contributed by atoms with E-state index in [2.05, 4.69) is 22.9 Å². The van der Waals surface area contributed by atoms with Crippen molar-refractivity contribution in [2.24, 2.45) is 11.7 Å². The third-order valence-corrected chi connectivity index (χ3v) is 4.93. The van der Waals surface area contributed by atoms with Crippen LogP contribution in [0.4, 0.5) is 0 Å². The van der Waals surface area contributed by atoms with Gasteiger partial charge in [-0.05, 0) is 44.7 Å². The largest absolute Gasteiger partial charge is 0.346 e. The molecular weight excluding hydrogens is 288 g/mol. The number of rotatable bonds is 5. The van der Waals surface area contributed by atoms with Crippen LogP contribution in [0.25, 0.3) is 11.0 Å². The molecule has 1 heterocycles. The number of nitrogens with zero attached hydrogens (tertiary/aromatic N) is 2. The summed E-state index contributed by atoms with van der Waals surface area (Å²) in [5, 5.41) is 3.10. The van der Waals surface area contributed by atoms with Crippen molar-refractivity contribution in [1.82, 2.24) is 14.9 Å². The monoisotopic (exact) mass is 314 g/mol. The second-order valence-electron chi connectivity index (χ2n) is 6.55. The summed E-state index contributed by atoms with van der Waals surface area (Å²) in [7, 11) is 0. The van der Waals surface area contributed by atoms with Crippen molar-refractivity contribution in [1.29, 1.82) is 0 Å². The molecular formula is C18H26N4O. The number of carbonyl (C=O) groups excluding carboxylic acids is 1. The summed E-state index contributed by atoms with van der Waals surface area (Å²) in [5.41, 5.74) is 8.16. The van der Waals surface area contributed by atoms with Gasteiger partial charge in [0, 0.05) is 19.0 Å². The van der Waals surface area contributed by atoms with Crippen LogP contribution < -0.4 is 11.1 Å². The van der Waals surface area contributed by atoms with Crippen molar-refractivity contribution in [3.05, 3.63) is 30.1 Å². The molecule has 0 spiro atoms. The predicted octanol–water partition coefficient (Wildman–Crippen LogP) is 2.75. The van der Waals surface area contributed by atoms with Gasteiger partial charge in [-0.3, -0.25) is 4.79 Å². The SMILES string of the molecule is CCn1c(C(C)NC(=O)C[C@@H]2CCC[C@H]2N)nc2ccccc21. The van der Waals surface area contributed by atoms with E-state index in [-0.39, 0.29) is 18.0 Å². The highest BCUT2D eigenvalue weighted by Crippen LogP contribution is 2.27. The van der Waals surface area contributed by atoms with E-state index in [1.54, 1.807) is 0 Å². The van der Waals surface area contributed by atoms with E-state index in [0.717, 1.165) is 42.7 Å². The highest BCUT2D eigenvalue weighted by molar-refractivity contribution is 5.78. The molecule has 0 radical (unpaired) electrons. The van der Waals surface area contributed by atoms with Gasteiger partial charge in [0.2, 0.25) is 5.91 Å². The molecule has 5 heteroatoms. The number of hydrogen-bond donors (Lipinski definition) is 2. The molecule has 3 atom stereocenters. The molecule has 1 fully saturated rings. The van der Waals surface area contributed by atoms with Crippen molar-refractivity contribution < 1.29 is 4.79 Å². The maximum atomic E-state index is 12.3. The van der Waals surface area contributed by atoms with Gasteiger partial charge in [0.05, 0.1) is 17.1 Å². The Hall–Kier alpha value is -1.88. The molecule has 1 aliphatic carbocycles. The minimum absolute atomic E-state index is 0.0783. The van der Waals surface area contributed by atoms with Gasteiger partial charge in [0.25, 0.3) is 0 Å². The lowest BCUT2D eigenvalue weighted by atomic mass is 10.00. The second-order valence-corrected chi connectivity index (χ2v) is 6.55. The van der Waals surface area contributed by atoms with Crippen LogP contribution in [0.15, 0.2) is 24.3 Å². The number of benzene rings is 1. The van der Waals surface area contributed by atoms with E-state index >= 15 is 0 Å². The van der Waals surface area contributed by atoms with Crippen LogP contribution in [0.2, 0.25) is 0 Å². The van der Waals surface area contributed by atoms with Crippen LogP contribution in [0.3, 0.4) is 0 Å². The number of nitrogens with one attached hydrogen (secondary N) is 1. The number of amides is 1. The maximum absolute atomic E-state index is 12.3. The summed E-state index contributed by atoms with van der Waals surface area (Å²) >= 11 is 0. The van der Waals surface area contributed by atoms with E-state index in [4.69, 9.17) is 10.7 Å². The van der Waals surface area contributed by atoms with Gasteiger partial charge in [-0.15, -0.1) is 0 Å². The Balaban J connectivity index is 1.72. The Bertz CT molecular complexity index is 693. The molecule has 1 aliphatic rings. The molecule has 1 aromatic carbocycles. The van der Waals surface area contributed by atoms with Gasteiger partial charge in [-0.25, -0.2) is 4.98 Å². The lowest BCUT2D eigenvalue weighted by Gasteiger charge is -2.18. The van der Waals surface area contributed by atoms with Gasteiger partial charge < -0.3 is 15.6 Å². The van der Waals surface area contributed by atoms with Crippen LogP contribution in [-0.4, -0.2) is 21.5 Å². The van der Waals surface area contributed by atoms with E-state index in [1.165, 1.54) is 0 Å². The van der Waals surface area contributed by atoms with E-state index < -0.39 is 0 Å². The van der Waals surface area contributed by atoms with Gasteiger partial charge in [-0.1, -0.05) is 18.6 Å². The molecule has 3 N–H and O–H groups in total. The van der Waals surface area contributed by atoms with Crippen LogP contribution in [0.5, 0.6) is 0 Å². The average molecular weight is 314 g/mol. The Morgan fingerprint density at radius 3 is 2.91 bits per heavy atom. The van der Waals surface area contributed by atoms with Crippen molar-refractivity contribution >= 4 is 16.9 Å². The molecule has 124 valence electrons. The number of carbonyl (C=O) groups is 1. The van der Waals surface area contributed by atoms with Crippen LogP contribution >= 0.6 is 0 Å². The average Bonchev–Trinajstić information content (AvgIpc) is 3.10. The summed E-state index contributed by atoms with van der Waals surface area (Å²) in [6.45, 7) is 4.94. The topological polar surface area (TPSA) is 72.9 Å². The summed E-state index contributed by atoms with van der Waals surface area (Å²) in [6, 6.07) is 8.16. The molecule has 2 aromatic rings. The lowest BCUT2D eigenvalue weighted by molar-refractivity contribution is -0.122. The summed E-state index contributed by atoms with van der Waals surface area (Å²) in [4.78, 5) is 17.0. The number of fused-ring (bicyclic) bond motifs is 1. The maximum Gasteiger partial charge on any atom is 0.220 e. The first-order valence-electron chi connectivity index (χ1n) is 8.60. The van der Waals surface area contributed by atoms with Gasteiger partial charge in [0.1, 0.15) is 5.82 Å². The third-order valence-electron chi connectivity index (χ3n) is 4.93. The second kappa shape index (κ2) is 6.71. The first-order chi connectivity index (χ1) is 11.1. The molecule has 23 heavy (non-hydrogen) atoms. The fourth-order valence-electron chi connectivity index (χ4n) is 3.68. The standard InChI is InChI=1S/C18H26N4O/c1-3-22-16-10-5-4-9-15(16)21-18(22)12(2)20-17(23)11-13-7-6-8-14(13)19/h4-5,9-10,12-14H,3,6-8,11,19H2,1-2H3,(H,20,23)/t12?,13-,14+/m0/s1. The van der Waals surface area contributed by atoms with Crippen LogP contribution in [-0.2, 0) is 11.3 Å². The zero-order valence-electron chi connectivity index (χ0n) is 14.0. The normalized spacial score (nSPS) is 22.4. The Morgan fingerprint density at radius 1 is 1.43 bits per heavy atom. The molecule has 0 saturated heterocycles. The number of para-hydroxylation sites is 2. The number of imidazole rings is 1. The summed E-state index contributed by atoms with van der Waals surface area (Å²) < 4.78 is 2.17. The predicted molar refractivity (Wildman–Crippen MR) is 91.9 cm³/mol. The molecule has 1 amide bonds. The first kappa shape index (κ1) is 16.0. The molecule has 3 rings (SSSR count). The minimum atomic E-state index is -0.104.